The van der Waals surface area contributed by atoms with Gasteiger partial charge in [0.15, 0.2) is 0 Å². The number of halogens is 3. The fourth-order valence-corrected chi connectivity index (χ4v) is 1.78. The van der Waals surface area contributed by atoms with E-state index in [-0.39, 0.29) is 6.42 Å². The molecular weight excluding hydrogens is 291 g/mol. The van der Waals surface area contributed by atoms with Crippen LogP contribution in [0.5, 0.6) is 5.75 Å². The maximum Gasteiger partial charge on any atom is 0.419 e. The average Bonchev–Trinajstić information content (AvgIpc) is 2.35. The van der Waals surface area contributed by atoms with Crippen molar-refractivity contribution in [2.45, 2.75) is 25.6 Å². The summed E-state index contributed by atoms with van der Waals surface area (Å²) in [6.07, 6.45) is -4.71. The van der Waals surface area contributed by atoms with Crippen LogP contribution >= 0.6 is 0 Å². The number of hydrogen-bond acceptors (Lipinski definition) is 3. The van der Waals surface area contributed by atoms with Crippen molar-refractivity contribution in [1.82, 2.24) is 5.32 Å². The second-order valence-corrected chi connectivity index (χ2v) is 4.33. The fourth-order valence-electron chi connectivity index (χ4n) is 1.78. The van der Waals surface area contributed by atoms with E-state index >= 15 is 0 Å². The van der Waals surface area contributed by atoms with E-state index in [4.69, 9.17) is 5.11 Å². The Morgan fingerprint density at radius 2 is 2.00 bits per heavy atom. The molecule has 1 atom stereocenters. The number of carboxylic acid groups (broad SMARTS) is 1. The van der Waals surface area contributed by atoms with Gasteiger partial charge in [-0.3, -0.25) is 4.79 Å². The van der Waals surface area contributed by atoms with Gasteiger partial charge in [-0.15, -0.1) is 0 Å². The largest absolute Gasteiger partial charge is 0.496 e. The summed E-state index contributed by atoms with van der Waals surface area (Å²) < 4.78 is 42.8. The Morgan fingerprint density at radius 3 is 2.43 bits per heavy atom. The average molecular weight is 305 g/mol. The van der Waals surface area contributed by atoms with Crippen LogP contribution in [0.1, 0.15) is 18.1 Å². The Kier molecular flexibility index (Phi) is 5.17. The summed E-state index contributed by atoms with van der Waals surface area (Å²) in [5, 5.41) is 11.2. The predicted molar refractivity (Wildman–Crippen MR) is 66.9 cm³/mol. The number of rotatable bonds is 5. The van der Waals surface area contributed by atoms with Crippen LogP contribution in [0.2, 0.25) is 0 Å². The second-order valence-electron chi connectivity index (χ2n) is 4.33. The van der Waals surface area contributed by atoms with E-state index in [2.05, 4.69) is 10.1 Å². The zero-order valence-corrected chi connectivity index (χ0v) is 11.3. The normalized spacial score (nSPS) is 12.6. The van der Waals surface area contributed by atoms with Crippen molar-refractivity contribution < 1.29 is 32.6 Å². The lowest BCUT2D eigenvalue weighted by molar-refractivity contribution is -0.141. The molecule has 8 heteroatoms. The molecule has 0 aromatic heterocycles. The van der Waals surface area contributed by atoms with E-state index in [0.717, 1.165) is 32.2 Å². The molecule has 2 N–H and O–H groups in total. The van der Waals surface area contributed by atoms with Crippen LogP contribution in [0, 0.1) is 0 Å². The van der Waals surface area contributed by atoms with Gasteiger partial charge in [0.25, 0.3) is 0 Å². The number of nitrogens with one attached hydrogen (secondary N) is 1. The van der Waals surface area contributed by atoms with E-state index < -0.39 is 35.4 Å². The molecule has 21 heavy (non-hydrogen) atoms. The molecule has 116 valence electrons. The van der Waals surface area contributed by atoms with Crippen LogP contribution < -0.4 is 10.1 Å². The second kappa shape index (κ2) is 6.47. The minimum Gasteiger partial charge on any atom is -0.496 e. The summed E-state index contributed by atoms with van der Waals surface area (Å²) in [4.78, 5) is 21.9. The third-order valence-electron chi connectivity index (χ3n) is 2.69. The molecule has 0 spiro atoms. The maximum atomic E-state index is 12.7. The topological polar surface area (TPSA) is 75.6 Å². The van der Waals surface area contributed by atoms with Gasteiger partial charge in [0.05, 0.1) is 12.7 Å². The molecule has 0 unspecified atom stereocenters. The highest BCUT2D eigenvalue weighted by Gasteiger charge is 2.34. The zero-order chi connectivity index (χ0) is 16.2. The Labute approximate surface area is 118 Å². The molecule has 0 aliphatic heterocycles. The number of aliphatic carboxylic acids is 1. The molecule has 5 nitrogen and oxygen atoms in total. The third-order valence-corrected chi connectivity index (χ3v) is 2.69. The SMILES string of the molecule is COc1cc(C[C@H](NC(C)=O)C(=O)O)ccc1C(F)(F)F. The van der Waals surface area contributed by atoms with Gasteiger partial charge in [-0.2, -0.15) is 13.2 Å². The van der Waals surface area contributed by atoms with Gasteiger partial charge in [-0.25, -0.2) is 4.79 Å². The number of carbonyl (C=O) groups excluding carboxylic acids is 1. The number of methoxy groups -OCH3 is 1. The number of amides is 1. The van der Waals surface area contributed by atoms with E-state index in [9.17, 15) is 22.8 Å². The van der Waals surface area contributed by atoms with Crippen LogP contribution in [-0.2, 0) is 22.2 Å². The zero-order valence-electron chi connectivity index (χ0n) is 11.3. The fraction of sp³-hybridized carbons (Fsp3) is 0.385. The minimum atomic E-state index is -4.56. The summed E-state index contributed by atoms with van der Waals surface area (Å²) in [6, 6.07) is 1.87. The van der Waals surface area contributed by atoms with E-state index in [1.807, 2.05) is 0 Å². The smallest absolute Gasteiger partial charge is 0.419 e. The quantitative estimate of drug-likeness (QED) is 0.870. The van der Waals surface area contributed by atoms with Crippen molar-refractivity contribution in [3.63, 3.8) is 0 Å². The monoisotopic (exact) mass is 305 g/mol. The lowest BCUT2D eigenvalue weighted by atomic mass is 10.0. The Morgan fingerprint density at radius 1 is 1.38 bits per heavy atom. The summed E-state index contributed by atoms with van der Waals surface area (Å²) >= 11 is 0. The van der Waals surface area contributed by atoms with Gasteiger partial charge in [0, 0.05) is 13.3 Å². The van der Waals surface area contributed by atoms with Crippen molar-refractivity contribution in [3.05, 3.63) is 29.3 Å². The van der Waals surface area contributed by atoms with Crippen molar-refractivity contribution in [1.29, 1.82) is 0 Å². The summed E-state index contributed by atoms with van der Waals surface area (Å²) in [7, 11) is 1.09. The van der Waals surface area contributed by atoms with Gasteiger partial charge in [-0.1, -0.05) is 6.07 Å². The molecule has 1 rings (SSSR count). The molecule has 1 amide bonds. The highest BCUT2D eigenvalue weighted by atomic mass is 19.4. The Balaban J connectivity index is 3.04. The first kappa shape index (κ1) is 16.8. The Bertz CT molecular complexity index is 543. The first-order valence-corrected chi connectivity index (χ1v) is 5.89. The number of carbonyl (C=O) groups is 2. The van der Waals surface area contributed by atoms with Crippen molar-refractivity contribution in [3.8, 4) is 5.75 Å². The molecule has 0 saturated carbocycles. The van der Waals surface area contributed by atoms with Crippen LogP contribution in [0.15, 0.2) is 18.2 Å². The first-order valence-electron chi connectivity index (χ1n) is 5.89. The molecule has 0 fully saturated rings. The number of carboxylic acids is 1. The molecule has 0 aliphatic rings. The molecule has 0 saturated heterocycles. The lowest BCUT2D eigenvalue weighted by Gasteiger charge is -2.16. The maximum absolute atomic E-state index is 12.7. The first-order chi connectivity index (χ1) is 9.65. The van der Waals surface area contributed by atoms with Gasteiger partial charge >= 0.3 is 12.1 Å². The van der Waals surface area contributed by atoms with Gasteiger partial charge < -0.3 is 15.2 Å². The molecule has 1 aromatic rings. The number of alkyl halides is 3. The molecule has 1 aromatic carbocycles. The Hall–Kier alpha value is -2.25. The third kappa shape index (κ3) is 4.66. The van der Waals surface area contributed by atoms with E-state index in [0.29, 0.717) is 5.56 Å². The highest BCUT2D eigenvalue weighted by molar-refractivity contribution is 5.82. The molecule has 0 radical (unpaired) electrons. The molecule has 0 aliphatic carbocycles. The van der Waals surface area contributed by atoms with Crippen LogP contribution in [0.3, 0.4) is 0 Å². The van der Waals surface area contributed by atoms with Crippen molar-refractivity contribution in [2.24, 2.45) is 0 Å². The summed E-state index contributed by atoms with van der Waals surface area (Å²) in [6.45, 7) is 1.16. The van der Waals surface area contributed by atoms with Crippen molar-refractivity contribution in [2.75, 3.05) is 7.11 Å². The minimum absolute atomic E-state index is 0.149. The molecular formula is C13H14F3NO4. The lowest BCUT2D eigenvalue weighted by Crippen LogP contribution is -2.41. The van der Waals surface area contributed by atoms with Crippen LogP contribution in [0.4, 0.5) is 13.2 Å². The highest BCUT2D eigenvalue weighted by Crippen LogP contribution is 2.36. The van der Waals surface area contributed by atoms with Crippen molar-refractivity contribution >= 4 is 11.9 Å². The summed E-state index contributed by atoms with van der Waals surface area (Å²) in [5.41, 5.74) is -0.638. The number of benzene rings is 1. The van der Waals surface area contributed by atoms with Crippen LogP contribution in [-0.4, -0.2) is 30.1 Å². The van der Waals surface area contributed by atoms with Gasteiger partial charge in [0.2, 0.25) is 5.91 Å². The van der Waals surface area contributed by atoms with E-state index in [1.54, 1.807) is 0 Å². The standard InChI is InChI=1S/C13H14F3NO4/c1-7(18)17-10(12(19)20)5-8-3-4-9(13(14,15)16)11(6-8)21-2/h3-4,6,10H,5H2,1-2H3,(H,17,18)(H,19,20)/t10-/m0/s1. The van der Waals surface area contributed by atoms with Crippen LogP contribution in [0.25, 0.3) is 0 Å². The van der Waals surface area contributed by atoms with Gasteiger partial charge in [0.1, 0.15) is 11.8 Å². The number of ether oxygens (including phenoxy) is 1. The predicted octanol–water partition coefficient (Wildman–Crippen LogP) is 1.85. The van der Waals surface area contributed by atoms with Gasteiger partial charge in [-0.05, 0) is 17.7 Å². The molecule has 0 heterocycles. The molecule has 0 bridgehead atoms. The summed E-state index contributed by atoms with van der Waals surface area (Å²) in [5.74, 6) is -2.21. The van der Waals surface area contributed by atoms with E-state index in [1.165, 1.54) is 0 Å². The number of hydrogen-bond donors (Lipinski definition) is 2.